The Morgan fingerprint density at radius 1 is 1.50 bits per heavy atom. The Kier molecular flexibility index (Phi) is 2.50. The maximum Gasteiger partial charge on any atom is 0.327 e. The second kappa shape index (κ2) is 3.97. The Morgan fingerprint density at radius 2 is 2.31 bits per heavy atom. The minimum absolute atomic E-state index is 0.205. The van der Waals surface area contributed by atoms with Crippen molar-refractivity contribution in [1.29, 1.82) is 0 Å². The molecule has 2 aromatic heterocycles. The van der Waals surface area contributed by atoms with Crippen molar-refractivity contribution in [3.8, 4) is 0 Å². The van der Waals surface area contributed by atoms with Gasteiger partial charge in [0.15, 0.2) is 5.65 Å². The number of carbonyl (C=O) groups is 2. The number of primary amides is 1. The van der Waals surface area contributed by atoms with Crippen LogP contribution in [0, 0.1) is 0 Å². The van der Waals surface area contributed by atoms with Crippen LogP contribution in [-0.4, -0.2) is 33.0 Å². The molecule has 0 atom stereocenters. The average molecular weight is 219 g/mol. The molecule has 0 aliphatic carbocycles. The van der Waals surface area contributed by atoms with Gasteiger partial charge in [0, 0.05) is 17.8 Å². The van der Waals surface area contributed by atoms with Crippen LogP contribution < -0.4 is 11.1 Å². The van der Waals surface area contributed by atoms with E-state index < -0.39 is 11.9 Å². The summed E-state index contributed by atoms with van der Waals surface area (Å²) in [5.41, 5.74) is 5.40. The summed E-state index contributed by atoms with van der Waals surface area (Å²) in [7, 11) is 0. The van der Waals surface area contributed by atoms with E-state index in [2.05, 4.69) is 15.3 Å². The molecular weight excluding hydrogens is 210 g/mol. The van der Waals surface area contributed by atoms with Gasteiger partial charge in [0.1, 0.15) is 6.33 Å². The number of rotatable bonds is 2. The first-order valence-electron chi connectivity index (χ1n) is 4.52. The van der Waals surface area contributed by atoms with Crippen LogP contribution in [0.1, 0.15) is 0 Å². The van der Waals surface area contributed by atoms with Gasteiger partial charge in [0.05, 0.1) is 6.54 Å². The molecule has 0 unspecified atom stereocenters. The third kappa shape index (κ3) is 1.83. The van der Waals surface area contributed by atoms with Crippen molar-refractivity contribution in [2.75, 3.05) is 6.54 Å². The minimum Gasteiger partial charge on any atom is -0.368 e. The summed E-state index contributed by atoms with van der Waals surface area (Å²) >= 11 is 0. The van der Waals surface area contributed by atoms with E-state index >= 15 is 0 Å². The molecule has 0 aromatic carbocycles. The van der Waals surface area contributed by atoms with Crippen LogP contribution in [-0.2, 0) is 4.79 Å². The van der Waals surface area contributed by atoms with Crippen molar-refractivity contribution >= 4 is 23.0 Å². The quantitative estimate of drug-likeness (QED) is 0.708. The maximum atomic E-state index is 11.6. The Balaban J connectivity index is 2.26. The molecule has 0 aliphatic heterocycles. The molecule has 2 rings (SSSR count). The predicted octanol–water partition coefficient (Wildman–Crippen LogP) is -0.526. The first kappa shape index (κ1) is 10.1. The highest BCUT2D eigenvalue weighted by atomic mass is 16.2. The molecule has 0 spiro atoms. The van der Waals surface area contributed by atoms with Gasteiger partial charge in [-0.05, 0) is 6.07 Å². The first-order chi connectivity index (χ1) is 7.68. The number of aromatic nitrogens is 3. The van der Waals surface area contributed by atoms with Gasteiger partial charge >= 0.3 is 6.03 Å². The fourth-order valence-electron chi connectivity index (χ4n) is 1.29. The maximum absolute atomic E-state index is 11.6. The summed E-state index contributed by atoms with van der Waals surface area (Å²) in [4.78, 5) is 29.9. The summed E-state index contributed by atoms with van der Waals surface area (Å²) in [5.74, 6) is -0.598. The summed E-state index contributed by atoms with van der Waals surface area (Å²) in [6.07, 6.45) is 4.50. The SMILES string of the molecule is NC(=O)CNC(=O)n1ccc2cncnc21. The number of nitrogens with zero attached hydrogens (tertiary/aromatic N) is 3. The lowest BCUT2D eigenvalue weighted by atomic mass is 10.4. The normalized spacial score (nSPS) is 10.2. The molecule has 0 saturated heterocycles. The highest BCUT2D eigenvalue weighted by Gasteiger charge is 2.09. The summed E-state index contributed by atoms with van der Waals surface area (Å²) < 4.78 is 1.29. The van der Waals surface area contributed by atoms with E-state index in [-0.39, 0.29) is 6.54 Å². The number of hydrogen-bond acceptors (Lipinski definition) is 4. The van der Waals surface area contributed by atoms with Crippen LogP contribution in [0.5, 0.6) is 0 Å². The van der Waals surface area contributed by atoms with E-state index in [0.717, 1.165) is 5.39 Å². The van der Waals surface area contributed by atoms with Crippen molar-refractivity contribution in [2.24, 2.45) is 5.73 Å². The average Bonchev–Trinajstić information content (AvgIpc) is 2.69. The van der Waals surface area contributed by atoms with Gasteiger partial charge in [-0.1, -0.05) is 0 Å². The van der Waals surface area contributed by atoms with Crippen LogP contribution in [0.2, 0.25) is 0 Å². The minimum atomic E-state index is -0.598. The van der Waals surface area contributed by atoms with E-state index in [4.69, 9.17) is 5.73 Å². The molecule has 3 N–H and O–H groups in total. The smallest absolute Gasteiger partial charge is 0.327 e. The second-order valence-corrected chi connectivity index (χ2v) is 3.11. The fraction of sp³-hybridized carbons (Fsp3) is 0.111. The first-order valence-corrected chi connectivity index (χ1v) is 4.52. The van der Waals surface area contributed by atoms with Gasteiger partial charge in [-0.3, -0.25) is 9.36 Å². The lowest BCUT2D eigenvalue weighted by Gasteiger charge is -2.03. The van der Waals surface area contributed by atoms with Crippen molar-refractivity contribution < 1.29 is 9.59 Å². The summed E-state index contributed by atoms with van der Waals surface area (Å²) in [6, 6.07) is 1.26. The van der Waals surface area contributed by atoms with Crippen LogP contribution in [0.3, 0.4) is 0 Å². The van der Waals surface area contributed by atoms with Crippen LogP contribution in [0.15, 0.2) is 24.8 Å². The molecule has 0 aliphatic rings. The fourth-order valence-corrected chi connectivity index (χ4v) is 1.29. The van der Waals surface area contributed by atoms with Gasteiger partial charge in [-0.2, -0.15) is 0 Å². The van der Waals surface area contributed by atoms with Crippen molar-refractivity contribution in [1.82, 2.24) is 19.9 Å². The molecule has 2 amide bonds. The van der Waals surface area contributed by atoms with E-state index in [1.54, 1.807) is 18.5 Å². The number of nitrogens with two attached hydrogens (primary N) is 1. The number of amides is 2. The molecular formula is C9H9N5O2. The summed E-state index contributed by atoms with van der Waals surface area (Å²) in [5, 5.41) is 3.11. The van der Waals surface area contributed by atoms with E-state index in [0.29, 0.717) is 5.65 Å². The Morgan fingerprint density at radius 3 is 3.06 bits per heavy atom. The van der Waals surface area contributed by atoms with E-state index in [1.807, 2.05) is 0 Å². The van der Waals surface area contributed by atoms with Gasteiger partial charge in [0.25, 0.3) is 0 Å². The Labute approximate surface area is 90.3 Å². The molecule has 7 heteroatoms. The molecule has 82 valence electrons. The predicted molar refractivity (Wildman–Crippen MR) is 55.5 cm³/mol. The number of nitrogens with one attached hydrogen (secondary N) is 1. The van der Waals surface area contributed by atoms with Crippen molar-refractivity contribution in [2.45, 2.75) is 0 Å². The Bertz CT molecular complexity index is 548. The van der Waals surface area contributed by atoms with Crippen LogP contribution in [0.4, 0.5) is 4.79 Å². The molecule has 0 radical (unpaired) electrons. The molecule has 16 heavy (non-hydrogen) atoms. The number of hydrogen-bond donors (Lipinski definition) is 2. The van der Waals surface area contributed by atoms with Gasteiger partial charge in [0.2, 0.25) is 5.91 Å². The molecule has 2 aromatic rings. The number of fused-ring (bicyclic) bond motifs is 1. The van der Waals surface area contributed by atoms with E-state index in [1.165, 1.54) is 10.9 Å². The zero-order valence-electron chi connectivity index (χ0n) is 8.25. The highest BCUT2D eigenvalue weighted by molar-refractivity contribution is 5.90. The summed E-state index contributed by atoms with van der Waals surface area (Å²) in [6.45, 7) is -0.205. The molecule has 0 saturated carbocycles. The molecule has 2 heterocycles. The lowest BCUT2D eigenvalue weighted by Crippen LogP contribution is -2.35. The monoisotopic (exact) mass is 219 g/mol. The van der Waals surface area contributed by atoms with Crippen molar-refractivity contribution in [3.05, 3.63) is 24.8 Å². The van der Waals surface area contributed by atoms with Crippen LogP contribution in [0.25, 0.3) is 11.0 Å². The largest absolute Gasteiger partial charge is 0.368 e. The zero-order chi connectivity index (χ0) is 11.5. The molecule has 0 bridgehead atoms. The molecule has 7 nitrogen and oxygen atoms in total. The third-order valence-corrected chi connectivity index (χ3v) is 1.98. The highest BCUT2D eigenvalue weighted by Crippen LogP contribution is 2.09. The van der Waals surface area contributed by atoms with E-state index in [9.17, 15) is 9.59 Å². The topological polar surface area (TPSA) is 103 Å². The van der Waals surface area contributed by atoms with Gasteiger partial charge < -0.3 is 11.1 Å². The standard InChI is InChI=1S/C9H9N5O2/c10-7(15)4-12-9(16)14-2-1-6-3-11-5-13-8(6)14/h1-3,5H,4H2,(H2,10,15)(H,12,16). The van der Waals surface area contributed by atoms with Crippen LogP contribution >= 0.6 is 0 Å². The second-order valence-electron chi connectivity index (χ2n) is 3.11. The lowest BCUT2D eigenvalue weighted by molar-refractivity contribution is -0.117. The molecule has 0 fully saturated rings. The Hall–Kier alpha value is -2.44. The van der Waals surface area contributed by atoms with Crippen molar-refractivity contribution in [3.63, 3.8) is 0 Å². The van der Waals surface area contributed by atoms with Gasteiger partial charge in [-0.15, -0.1) is 0 Å². The third-order valence-electron chi connectivity index (χ3n) is 1.98. The van der Waals surface area contributed by atoms with Gasteiger partial charge in [-0.25, -0.2) is 14.8 Å². The number of carbonyl (C=O) groups excluding carboxylic acids is 2. The zero-order valence-corrected chi connectivity index (χ0v) is 8.25.